The molecule has 0 amide bonds. The van der Waals surface area contributed by atoms with Gasteiger partial charge >= 0.3 is 0 Å². The first-order valence-electron chi connectivity index (χ1n) is 5.20. The molecule has 0 saturated carbocycles. The number of hydrogen-bond donors (Lipinski definition) is 3. The minimum atomic E-state index is -0.759. The molecule has 0 saturated heterocycles. The molecule has 0 unspecified atom stereocenters. The highest BCUT2D eigenvalue weighted by Gasteiger charge is 2.34. The van der Waals surface area contributed by atoms with Crippen LogP contribution in [0.3, 0.4) is 0 Å². The van der Waals surface area contributed by atoms with Crippen molar-refractivity contribution in [3.8, 4) is 0 Å². The van der Waals surface area contributed by atoms with E-state index in [1.807, 2.05) is 40.8 Å². The molecule has 3 N–H and O–H groups in total. The van der Waals surface area contributed by atoms with Gasteiger partial charge in [-0.15, -0.1) is 0 Å². The SMILES string of the molecule is Cc1[nH]ncc1CNC(C)(C)C(C)(C)O. The predicted molar refractivity (Wildman–Crippen MR) is 60.5 cm³/mol. The lowest BCUT2D eigenvalue weighted by Gasteiger charge is -2.38. The molecule has 15 heavy (non-hydrogen) atoms. The first-order chi connectivity index (χ1) is 6.74. The summed E-state index contributed by atoms with van der Waals surface area (Å²) in [7, 11) is 0. The molecule has 0 atom stereocenters. The van der Waals surface area contributed by atoms with Crippen molar-refractivity contribution in [2.45, 2.75) is 52.3 Å². The second kappa shape index (κ2) is 3.94. The van der Waals surface area contributed by atoms with Crippen LogP contribution in [0.2, 0.25) is 0 Å². The smallest absolute Gasteiger partial charge is 0.0767 e. The van der Waals surface area contributed by atoms with E-state index in [0.717, 1.165) is 11.3 Å². The average molecular weight is 211 g/mol. The Labute approximate surface area is 91.1 Å². The molecule has 1 aromatic rings. The van der Waals surface area contributed by atoms with Crippen LogP contribution < -0.4 is 5.32 Å². The highest BCUT2D eigenvalue weighted by atomic mass is 16.3. The number of H-pyrrole nitrogens is 1. The molecular weight excluding hydrogens is 190 g/mol. The summed E-state index contributed by atoms with van der Waals surface area (Å²) >= 11 is 0. The van der Waals surface area contributed by atoms with E-state index in [1.165, 1.54) is 0 Å². The van der Waals surface area contributed by atoms with Crippen LogP contribution in [0, 0.1) is 6.92 Å². The monoisotopic (exact) mass is 211 g/mol. The van der Waals surface area contributed by atoms with Crippen LogP contribution in [0.15, 0.2) is 6.20 Å². The summed E-state index contributed by atoms with van der Waals surface area (Å²) < 4.78 is 0. The van der Waals surface area contributed by atoms with E-state index in [4.69, 9.17) is 0 Å². The molecule has 1 heterocycles. The number of aromatic nitrogens is 2. The van der Waals surface area contributed by atoms with Crippen LogP contribution in [0.5, 0.6) is 0 Å². The Morgan fingerprint density at radius 3 is 2.40 bits per heavy atom. The lowest BCUT2D eigenvalue weighted by Crippen LogP contribution is -2.55. The third-order valence-corrected chi connectivity index (χ3v) is 3.18. The van der Waals surface area contributed by atoms with Crippen molar-refractivity contribution in [2.75, 3.05) is 0 Å². The quantitative estimate of drug-likeness (QED) is 0.704. The van der Waals surface area contributed by atoms with E-state index in [-0.39, 0.29) is 5.54 Å². The van der Waals surface area contributed by atoms with E-state index in [1.54, 1.807) is 0 Å². The molecule has 0 spiro atoms. The van der Waals surface area contributed by atoms with Gasteiger partial charge in [0, 0.05) is 23.3 Å². The standard InChI is InChI=1S/C11H21N3O/c1-8-9(7-13-14-8)6-12-10(2,3)11(4,5)15/h7,12,15H,6H2,1-5H3,(H,13,14). The van der Waals surface area contributed by atoms with E-state index in [9.17, 15) is 5.11 Å². The summed E-state index contributed by atoms with van der Waals surface area (Å²) in [4.78, 5) is 0. The topological polar surface area (TPSA) is 60.9 Å². The van der Waals surface area contributed by atoms with Crippen molar-refractivity contribution >= 4 is 0 Å². The average Bonchev–Trinajstić information content (AvgIpc) is 2.46. The molecule has 0 aromatic carbocycles. The lowest BCUT2D eigenvalue weighted by molar-refractivity contribution is -0.00534. The van der Waals surface area contributed by atoms with Crippen LogP contribution in [-0.2, 0) is 6.54 Å². The number of rotatable bonds is 4. The molecule has 1 aromatic heterocycles. The summed E-state index contributed by atoms with van der Waals surface area (Å²) in [6, 6.07) is 0. The number of hydrogen-bond acceptors (Lipinski definition) is 3. The Morgan fingerprint density at radius 2 is 2.00 bits per heavy atom. The molecule has 0 bridgehead atoms. The molecule has 4 nitrogen and oxygen atoms in total. The summed E-state index contributed by atoms with van der Waals surface area (Å²) in [5, 5.41) is 20.1. The molecule has 0 aliphatic carbocycles. The van der Waals surface area contributed by atoms with Gasteiger partial charge in [-0.25, -0.2) is 0 Å². The van der Waals surface area contributed by atoms with Gasteiger partial charge in [-0.3, -0.25) is 5.10 Å². The lowest BCUT2D eigenvalue weighted by atomic mass is 9.86. The first-order valence-corrected chi connectivity index (χ1v) is 5.20. The van der Waals surface area contributed by atoms with Crippen LogP contribution in [0.25, 0.3) is 0 Å². The fraction of sp³-hybridized carbons (Fsp3) is 0.727. The van der Waals surface area contributed by atoms with Crippen LogP contribution >= 0.6 is 0 Å². The molecule has 4 heteroatoms. The minimum Gasteiger partial charge on any atom is -0.389 e. The van der Waals surface area contributed by atoms with Gasteiger partial charge in [0.15, 0.2) is 0 Å². The van der Waals surface area contributed by atoms with Crippen molar-refractivity contribution in [3.05, 3.63) is 17.5 Å². The van der Waals surface area contributed by atoms with Crippen molar-refractivity contribution < 1.29 is 5.11 Å². The maximum Gasteiger partial charge on any atom is 0.0767 e. The first kappa shape index (κ1) is 12.2. The third-order valence-electron chi connectivity index (χ3n) is 3.18. The minimum absolute atomic E-state index is 0.337. The summed E-state index contributed by atoms with van der Waals surface area (Å²) in [6.45, 7) is 10.3. The molecule has 1 rings (SSSR count). The summed E-state index contributed by atoms with van der Waals surface area (Å²) in [5.41, 5.74) is 1.10. The van der Waals surface area contributed by atoms with Crippen LogP contribution in [0.4, 0.5) is 0 Å². The second-order valence-electron chi connectivity index (χ2n) is 5.06. The number of aryl methyl sites for hydroxylation is 1. The van der Waals surface area contributed by atoms with Crippen molar-refractivity contribution in [1.82, 2.24) is 15.5 Å². The van der Waals surface area contributed by atoms with Gasteiger partial charge in [-0.1, -0.05) is 0 Å². The van der Waals surface area contributed by atoms with Crippen LogP contribution in [0.1, 0.15) is 39.0 Å². The van der Waals surface area contributed by atoms with Crippen molar-refractivity contribution in [1.29, 1.82) is 0 Å². The van der Waals surface area contributed by atoms with Crippen molar-refractivity contribution in [3.63, 3.8) is 0 Å². The van der Waals surface area contributed by atoms with E-state index in [0.29, 0.717) is 6.54 Å². The zero-order chi connectivity index (χ0) is 11.7. The zero-order valence-corrected chi connectivity index (χ0v) is 10.2. The molecule has 86 valence electrons. The zero-order valence-electron chi connectivity index (χ0n) is 10.2. The molecular formula is C11H21N3O. The van der Waals surface area contributed by atoms with Crippen molar-refractivity contribution in [2.24, 2.45) is 0 Å². The number of nitrogens with zero attached hydrogens (tertiary/aromatic N) is 1. The highest BCUT2D eigenvalue weighted by molar-refractivity contribution is 5.14. The van der Waals surface area contributed by atoms with Gasteiger partial charge in [0.25, 0.3) is 0 Å². The Bertz CT molecular complexity index is 323. The Kier molecular flexibility index (Phi) is 3.21. The molecule has 0 aliphatic heterocycles. The highest BCUT2D eigenvalue weighted by Crippen LogP contribution is 2.21. The van der Waals surface area contributed by atoms with Gasteiger partial charge in [0.2, 0.25) is 0 Å². The summed E-state index contributed by atoms with van der Waals surface area (Å²) in [6.07, 6.45) is 1.81. The third kappa shape index (κ3) is 2.79. The van der Waals surface area contributed by atoms with Gasteiger partial charge in [0.05, 0.1) is 11.8 Å². The fourth-order valence-corrected chi connectivity index (χ4v) is 1.09. The summed E-state index contributed by atoms with van der Waals surface area (Å²) in [5.74, 6) is 0. The van der Waals surface area contributed by atoms with Gasteiger partial charge in [0.1, 0.15) is 0 Å². The fourth-order valence-electron chi connectivity index (χ4n) is 1.09. The van der Waals surface area contributed by atoms with Gasteiger partial charge in [-0.05, 0) is 34.6 Å². The van der Waals surface area contributed by atoms with Gasteiger partial charge < -0.3 is 10.4 Å². The predicted octanol–water partition coefficient (Wildman–Crippen LogP) is 1.36. The number of aliphatic hydroxyl groups is 1. The Morgan fingerprint density at radius 1 is 1.40 bits per heavy atom. The molecule has 0 fully saturated rings. The Balaban J connectivity index is 2.61. The van der Waals surface area contributed by atoms with Crippen LogP contribution in [-0.4, -0.2) is 26.4 Å². The largest absolute Gasteiger partial charge is 0.389 e. The van der Waals surface area contributed by atoms with E-state index in [2.05, 4.69) is 15.5 Å². The maximum absolute atomic E-state index is 9.96. The maximum atomic E-state index is 9.96. The number of nitrogens with one attached hydrogen (secondary N) is 2. The Hall–Kier alpha value is -0.870. The van der Waals surface area contributed by atoms with Gasteiger partial charge in [-0.2, -0.15) is 5.10 Å². The molecule has 0 radical (unpaired) electrons. The molecule has 0 aliphatic rings. The number of aromatic amines is 1. The normalized spacial score (nSPS) is 13.2. The van der Waals surface area contributed by atoms with E-state index >= 15 is 0 Å². The second-order valence-corrected chi connectivity index (χ2v) is 5.06. The van der Waals surface area contributed by atoms with E-state index < -0.39 is 5.60 Å².